The summed E-state index contributed by atoms with van der Waals surface area (Å²) in [6.45, 7) is 3.57. The number of amides is 1. The highest BCUT2D eigenvalue weighted by Crippen LogP contribution is 2.47. The Hall–Kier alpha value is -2.20. The van der Waals surface area contributed by atoms with Gasteiger partial charge in [-0.25, -0.2) is 4.79 Å². The molecular weight excluding hydrogens is 510 g/mol. The van der Waals surface area contributed by atoms with Crippen LogP contribution in [0.2, 0.25) is 0 Å². The van der Waals surface area contributed by atoms with Gasteiger partial charge in [-0.1, -0.05) is 35.3 Å². The second kappa shape index (κ2) is 9.21. The van der Waals surface area contributed by atoms with Crippen molar-refractivity contribution in [2.24, 2.45) is 0 Å². The summed E-state index contributed by atoms with van der Waals surface area (Å²) >= 11 is 9.64. The average molecular weight is 530 g/mol. The number of fused-ring (bicyclic) bond motifs is 1. The molecule has 0 spiro atoms. The van der Waals surface area contributed by atoms with Crippen LogP contribution >= 0.6 is 47.1 Å². The predicted octanol–water partition coefficient (Wildman–Crippen LogP) is 1.95. The van der Waals surface area contributed by atoms with E-state index in [1.165, 1.54) is 52.9 Å². The summed E-state index contributed by atoms with van der Waals surface area (Å²) in [7, 11) is 1.36. The topological polar surface area (TPSA) is 151 Å². The van der Waals surface area contributed by atoms with Crippen LogP contribution in [-0.4, -0.2) is 77.0 Å². The third kappa shape index (κ3) is 4.23. The third-order valence-corrected chi connectivity index (χ3v) is 9.04. The molecular formula is C18H19N5O6S4. The number of methoxy groups -OCH3 is 1. The van der Waals surface area contributed by atoms with E-state index in [1.54, 1.807) is 6.92 Å². The molecule has 0 aromatic carbocycles. The number of hydrogen-bond donors (Lipinski definition) is 3. The van der Waals surface area contributed by atoms with E-state index in [9.17, 15) is 19.8 Å². The molecule has 2 aliphatic rings. The number of aromatic hydroxyl groups is 1. The molecule has 1 saturated heterocycles. The zero-order valence-corrected chi connectivity index (χ0v) is 20.9. The van der Waals surface area contributed by atoms with Gasteiger partial charge in [0.25, 0.3) is 17.5 Å². The molecule has 2 aromatic rings. The number of β-lactam (4-membered cyclic amide) rings is 1. The summed E-state index contributed by atoms with van der Waals surface area (Å²) in [5.74, 6) is -1.44. The van der Waals surface area contributed by atoms with Crippen LogP contribution in [0.5, 0.6) is 5.88 Å². The molecule has 33 heavy (non-hydrogen) atoms. The number of carboxylic acids is 1. The van der Waals surface area contributed by atoms with Crippen molar-refractivity contribution in [1.82, 2.24) is 25.6 Å². The molecule has 3 atom stereocenters. The Balaban J connectivity index is 1.54. The van der Waals surface area contributed by atoms with Gasteiger partial charge in [-0.15, -0.1) is 22.0 Å². The molecule has 4 heterocycles. The molecule has 1 unspecified atom stereocenters. The summed E-state index contributed by atoms with van der Waals surface area (Å²) in [4.78, 5) is 26.8. The van der Waals surface area contributed by atoms with Crippen molar-refractivity contribution in [2.45, 2.75) is 35.2 Å². The Morgan fingerprint density at radius 2 is 2.30 bits per heavy atom. The molecule has 2 aliphatic heterocycles. The molecule has 0 aliphatic carbocycles. The monoisotopic (exact) mass is 529 g/mol. The lowest BCUT2D eigenvalue weighted by Gasteiger charge is -2.56. The maximum absolute atomic E-state index is 13.3. The maximum atomic E-state index is 13.3. The standard InChI is InChI=1S/C18H19N5O6S4/c1-7(10-4-11(24)22-29-10)13(30)19-18(28-3)15(27)23-12(14(25)26)9(5-31-16(18)23)6-32-17-21-20-8(2)33-17/h4,7,16H,5-6H2,1-3H3,(H,19,30)(H,22,24)(H,25,26)/t7?,16-,18-/m0/s1. The minimum Gasteiger partial charge on any atom is -0.491 e. The normalized spacial score (nSPS) is 23.2. The van der Waals surface area contributed by atoms with Gasteiger partial charge < -0.3 is 24.8 Å². The highest BCUT2D eigenvalue weighted by Gasteiger charge is 2.66. The fourth-order valence-electron chi connectivity index (χ4n) is 3.44. The number of rotatable bonds is 8. The van der Waals surface area contributed by atoms with E-state index in [1.807, 2.05) is 6.92 Å². The average Bonchev–Trinajstić information content (AvgIpc) is 3.41. The third-order valence-electron chi connectivity index (χ3n) is 5.16. The smallest absolute Gasteiger partial charge is 0.352 e. The SMILES string of the molecule is CO[C@@]1(NC(=S)C(C)c2cc(O)no2)C(=O)N2C(C(=O)O)=C(CSc3nnc(C)s3)CS[C@H]21. The molecule has 0 saturated carbocycles. The Morgan fingerprint density at radius 1 is 1.55 bits per heavy atom. The van der Waals surface area contributed by atoms with Crippen molar-refractivity contribution < 1.29 is 29.1 Å². The molecule has 0 bridgehead atoms. The Morgan fingerprint density at radius 3 is 2.88 bits per heavy atom. The minimum absolute atomic E-state index is 0.0499. The van der Waals surface area contributed by atoms with Crippen molar-refractivity contribution in [2.75, 3.05) is 18.6 Å². The van der Waals surface area contributed by atoms with Gasteiger partial charge in [-0.3, -0.25) is 9.69 Å². The number of ether oxygens (including phenoxy) is 1. The van der Waals surface area contributed by atoms with Crippen LogP contribution < -0.4 is 5.32 Å². The van der Waals surface area contributed by atoms with E-state index >= 15 is 0 Å². The lowest BCUT2D eigenvalue weighted by Crippen LogP contribution is -2.80. The first-order valence-corrected chi connectivity index (χ1v) is 12.8. The van der Waals surface area contributed by atoms with Gasteiger partial charge in [-0.2, -0.15) is 0 Å². The van der Waals surface area contributed by atoms with E-state index in [0.29, 0.717) is 22.8 Å². The van der Waals surface area contributed by atoms with E-state index < -0.39 is 28.9 Å². The predicted molar refractivity (Wildman–Crippen MR) is 125 cm³/mol. The lowest BCUT2D eigenvalue weighted by atomic mass is 9.97. The molecule has 1 amide bonds. The van der Waals surface area contributed by atoms with Crippen molar-refractivity contribution >= 4 is 63.9 Å². The molecule has 4 rings (SSSR count). The van der Waals surface area contributed by atoms with Gasteiger partial charge in [0.2, 0.25) is 0 Å². The van der Waals surface area contributed by atoms with Crippen LogP contribution in [0, 0.1) is 6.92 Å². The molecule has 15 heteroatoms. The zero-order valence-electron chi connectivity index (χ0n) is 17.6. The Kier molecular flexibility index (Phi) is 6.68. The fraction of sp³-hybridized carbons (Fsp3) is 0.444. The van der Waals surface area contributed by atoms with Crippen molar-refractivity contribution in [3.05, 3.63) is 28.1 Å². The molecule has 3 N–H and O–H groups in total. The van der Waals surface area contributed by atoms with Crippen molar-refractivity contribution in [1.29, 1.82) is 0 Å². The number of aliphatic carboxylic acids is 1. The highest BCUT2D eigenvalue weighted by molar-refractivity contribution is 8.01. The summed E-state index contributed by atoms with van der Waals surface area (Å²) in [5, 5.41) is 33.9. The van der Waals surface area contributed by atoms with Gasteiger partial charge in [0, 0.05) is 24.7 Å². The summed E-state index contributed by atoms with van der Waals surface area (Å²) in [6.07, 6.45) is 0. The van der Waals surface area contributed by atoms with Gasteiger partial charge in [-0.05, 0) is 24.6 Å². The maximum Gasteiger partial charge on any atom is 0.352 e. The first-order valence-electron chi connectivity index (χ1n) is 9.54. The number of aromatic nitrogens is 3. The number of hydrogen-bond acceptors (Lipinski definition) is 12. The second-order valence-corrected chi connectivity index (χ2v) is 11.1. The summed E-state index contributed by atoms with van der Waals surface area (Å²) in [6, 6.07) is 1.33. The number of aryl methyl sites for hydroxylation is 1. The molecule has 1 fully saturated rings. The Bertz CT molecular complexity index is 1150. The first kappa shape index (κ1) is 23.9. The number of carbonyl (C=O) groups is 2. The first-order chi connectivity index (χ1) is 15.7. The molecule has 11 nitrogen and oxygen atoms in total. The molecule has 0 radical (unpaired) electrons. The lowest BCUT2D eigenvalue weighted by molar-refractivity contribution is -0.187. The van der Waals surface area contributed by atoms with Gasteiger partial charge >= 0.3 is 5.97 Å². The van der Waals surface area contributed by atoms with Gasteiger partial charge in [0.15, 0.2) is 4.34 Å². The van der Waals surface area contributed by atoms with Crippen LogP contribution in [0.1, 0.15) is 23.6 Å². The quantitative estimate of drug-likeness (QED) is 0.198. The van der Waals surface area contributed by atoms with Crippen LogP contribution in [-0.2, 0) is 14.3 Å². The van der Waals surface area contributed by atoms with E-state index in [2.05, 4.69) is 20.7 Å². The van der Waals surface area contributed by atoms with Gasteiger partial charge in [0.1, 0.15) is 21.8 Å². The van der Waals surface area contributed by atoms with Crippen LogP contribution in [0.4, 0.5) is 0 Å². The Labute approximate surface area is 205 Å². The number of thioether (sulfide) groups is 2. The number of nitrogens with one attached hydrogen (secondary N) is 1. The van der Waals surface area contributed by atoms with Crippen LogP contribution in [0.15, 0.2) is 26.2 Å². The van der Waals surface area contributed by atoms with E-state index in [-0.39, 0.29) is 16.6 Å². The number of thiocarbonyl (C=S) groups is 1. The number of nitrogens with zero attached hydrogens (tertiary/aromatic N) is 4. The van der Waals surface area contributed by atoms with E-state index in [4.69, 9.17) is 21.5 Å². The second-order valence-electron chi connectivity index (χ2n) is 7.21. The summed E-state index contributed by atoms with van der Waals surface area (Å²) in [5.41, 5.74) is -0.952. The number of carboxylic acid groups (broad SMARTS) is 1. The van der Waals surface area contributed by atoms with Crippen LogP contribution in [0.3, 0.4) is 0 Å². The summed E-state index contributed by atoms with van der Waals surface area (Å²) < 4.78 is 11.3. The van der Waals surface area contributed by atoms with Crippen molar-refractivity contribution in [3.63, 3.8) is 0 Å². The van der Waals surface area contributed by atoms with Crippen LogP contribution in [0.25, 0.3) is 0 Å². The van der Waals surface area contributed by atoms with Crippen molar-refractivity contribution in [3.8, 4) is 5.88 Å². The molecule has 2 aromatic heterocycles. The zero-order chi connectivity index (χ0) is 23.9. The highest BCUT2D eigenvalue weighted by atomic mass is 32.2. The van der Waals surface area contributed by atoms with E-state index in [0.717, 1.165) is 9.35 Å². The fourth-order valence-corrected chi connectivity index (χ4v) is 7.10. The largest absolute Gasteiger partial charge is 0.491 e. The number of carbonyl (C=O) groups excluding carboxylic acids is 1. The minimum atomic E-state index is -1.52. The molecule has 176 valence electrons. The van der Waals surface area contributed by atoms with Gasteiger partial charge in [0.05, 0.1) is 10.9 Å².